The van der Waals surface area contributed by atoms with Crippen LogP contribution in [0, 0.1) is 0 Å². The van der Waals surface area contributed by atoms with Crippen molar-refractivity contribution in [2.75, 3.05) is 4.90 Å². The molecule has 0 amide bonds. The Bertz CT molecular complexity index is 3900. The molecule has 0 unspecified atom stereocenters. The number of benzene rings is 11. The number of rotatable bonds is 11. The van der Waals surface area contributed by atoms with E-state index in [0.717, 1.165) is 116 Å². The third-order valence-corrected chi connectivity index (χ3v) is 15.1. The van der Waals surface area contributed by atoms with E-state index in [1.807, 2.05) is 6.07 Å². The van der Waals surface area contributed by atoms with Crippen LogP contribution in [0.25, 0.3) is 110 Å². The van der Waals surface area contributed by atoms with Gasteiger partial charge < -0.3 is 4.90 Å². The minimum Gasteiger partial charge on any atom is -0.308 e. The summed E-state index contributed by atoms with van der Waals surface area (Å²) in [5, 5.41) is 1.13. The Morgan fingerprint density at radius 3 is 1.11 bits per heavy atom. The van der Waals surface area contributed by atoms with Crippen molar-refractivity contribution in [2.24, 2.45) is 0 Å². The zero-order chi connectivity index (χ0) is 49.2. The first kappa shape index (κ1) is 44.5. The van der Waals surface area contributed by atoms with Crippen molar-refractivity contribution in [3.63, 3.8) is 0 Å². The molecule has 13 rings (SSSR count). The van der Waals surface area contributed by atoms with Gasteiger partial charge in [-0.1, -0.05) is 255 Å². The minimum atomic E-state index is 0.695. The molecule has 0 bridgehead atoms. The molecule has 0 aliphatic rings. The smallest absolute Gasteiger partial charge is 0.160 e. The van der Waals surface area contributed by atoms with Crippen molar-refractivity contribution < 1.29 is 0 Å². The highest BCUT2D eigenvalue weighted by molar-refractivity contribution is 7.26. The number of nitrogens with zero attached hydrogens (tertiary/aromatic N) is 3. The van der Waals surface area contributed by atoms with E-state index in [1.54, 1.807) is 11.3 Å². The third kappa shape index (κ3) is 8.43. The van der Waals surface area contributed by atoms with Gasteiger partial charge in [0.15, 0.2) is 5.82 Å². The zero-order valence-corrected chi connectivity index (χ0v) is 41.2. The van der Waals surface area contributed by atoms with Crippen LogP contribution in [0.5, 0.6) is 0 Å². The van der Waals surface area contributed by atoms with Gasteiger partial charge in [-0.2, -0.15) is 0 Å². The topological polar surface area (TPSA) is 29.0 Å². The maximum Gasteiger partial charge on any atom is 0.160 e. The molecule has 0 saturated heterocycles. The first-order valence-corrected chi connectivity index (χ1v) is 25.9. The van der Waals surface area contributed by atoms with E-state index < -0.39 is 0 Å². The molecule has 348 valence electrons. The number of aromatic nitrogens is 2. The molecular weight excluding hydrogens is 915 g/mol. The number of anilines is 3. The van der Waals surface area contributed by atoms with Crippen LogP contribution in [-0.2, 0) is 0 Å². The van der Waals surface area contributed by atoms with E-state index in [2.05, 4.69) is 284 Å². The monoisotopic (exact) mass is 961 g/mol. The first-order valence-electron chi connectivity index (χ1n) is 25.1. The summed E-state index contributed by atoms with van der Waals surface area (Å²) in [6.45, 7) is 0. The van der Waals surface area contributed by atoms with Crippen LogP contribution in [0.3, 0.4) is 0 Å². The summed E-state index contributed by atoms with van der Waals surface area (Å²) in [7, 11) is 0. The van der Waals surface area contributed by atoms with Gasteiger partial charge in [0.05, 0.1) is 33.0 Å². The third-order valence-electron chi connectivity index (χ3n) is 13.9. The van der Waals surface area contributed by atoms with Gasteiger partial charge in [-0.3, -0.25) is 0 Å². The highest BCUT2D eigenvalue weighted by Gasteiger charge is 2.29. The Balaban J connectivity index is 1.21. The molecule has 0 aliphatic heterocycles. The molecule has 0 spiro atoms. The van der Waals surface area contributed by atoms with Crippen molar-refractivity contribution in [2.45, 2.75) is 0 Å². The molecular formula is C70H47N3S. The average Bonchev–Trinajstić information content (AvgIpc) is 3.87. The van der Waals surface area contributed by atoms with Crippen molar-refractivity contribution in [1.82, 2.24) is 9.97 Å². The lowest BCUT2D eigenvalue weighted by Gasteiger charge is -2.34. The lowest BCUT2D eigenvalue weighted by atomic mass is 9.88. The standard InChI is InChI=1S/C70H47N3S/c1-8-24-48(25-9-1)55-40-42-58(50-28-12-3-13-29-50)63(46-55)73(64-47-56(49-26-10-2-11-27-49)41-43-59(64)51-30-14-4-15-31-51)68-61(52-32-16-5-17-33-52)44-57(45-62(68)53-34-18-6-19-35-53)66-69-67(60-38-22-23-39-65(60)74-69)72-70(71-66)54-36-20-7-21-37-54/h1-47H. The fourth-order valence-electron chi connectivity index (χ4n) is 10.3. The van der Waals surface area contributed by atoms with Gasteiger partial charge in [-0.05, 0) is 74.8 Å². The van der Waals surface area contributed by atoms with E-state index in [-0.39, 0.29) is 0 Å². The second-order valence-electron chi connectivity index (χ2n) is 18.5. The average molecular weight is 962 g/mol. The molecule has 0 fully saturated rings. The second-order valence-corrected chi connectivity index (χ2v) is 19.5. The van der Waals surface area contributed by atoms with Crippen molar-refractivity contribution >= 4 is 48.7 Å². The van der Waals surface area contributed by atoms with Gasteiger partial charge in [0.1, 0.15) is 0 Å². The summed E-state index contributed by atoms with van der Waals surface area (Å²) in [5.41, 5.74) is 20.2. The minimum absolute atomic E-state index is 0.695. The van der Waals surface area contributed by atoms with E-state index in [4.69, 9.17) is 9.97 Å². The van der Waals surface area contributed by atoms with E-state index in [9.17, 15) is 0 Å². The summed E-state index contributed by atoms with van der Waals surface area (Å²) >= 11 is 1.76. The van der Waals surface area contributed by atoms with Gasteiger partial charge in [0, 0.05) is 43.5 Å². The van der Waals surface area contributed by atoms with Gasteiger partial charge in [-0.25, -0.2) is 9.97 Å². The molecule has 13 aromatic rings. The van der Waals surface area contributed by atoms with Gasteiger partial charge in [-0.15, -0.1) is 11.3 Å². The van der Waals surface area contributed by atoms with Crippen LogP contribution in [0.2, 0.25) is 0 Å². The highest BCUT2D eigenvalue weighted by Crippen LogP contribution is 2.54. The normalized spacial score (nSPS) is 11.2. The summed E-state index contributed by atoms with van der Waals surface area (Å²) in [6.07, 6.45) is 0. The second kappa shape index (κ2) is 19.6. The summed E-state index contributed by atoms with van der Waals surface area (Å²) < 4.78 is 2.23. The highest BCUT2D eigenvalue weighted by atomic mass is 32.1. The fraction of sp³-hybridized carbons (Fsp3) is 0. The maximum atomic E-state index is 5.58. The summed E-state index contributed by atoms with van der Waals surface area (Å²) in [5.74, 6) is 0.695. The van der Waals surface area contributed by atoms with E-state index in [1.165, 1.54) is 4.70 Å². The zero-order valence-electron chi connectivity index (χ0n) is 40.4. The lowest BCUT2D eigenvalue weighted by Crippen LogP contribution is -2.15. The molecule has 0 atom stereocenters. The Kier molecular flexibility index (Phi) is 11.8. The molecule has 2 aromatic heterocycles. The predicted octanol–water partition coefficient (Wildman–Crippen LogP) is 19.7. The molecule has 0 radical (unpaired) electrons. The molecule has 3 nitrogen and oxygen atoms in total. The number of fused-ring (bicyclic) bond motifs is 3. The Hall–Kier alpha value is -9.48. The van der Waals surface area contributed by atoms with Crippen LogP contribution in [0.4, 0.5) is 17.1 Å². The molecule has 11 aromatic carbocycles. The first-order chi connectivity index (χ1) is 36.7. The number of thiophene rings is 1. The van der Waals surface area contributed by atoms with Crippen LogP contribution in [-0.4, -0.2) is 9.97 Å². The van der Waals surface area contributed by atoms with Crippen molar-refractivity contribution in [3.8, 4) is 89.4 Å². The Labute approximate surface area is 435 Å². The van der Waals surface area contributed by atoms with E-state index >= 15 is 0 Å². The predicted molar refractivity (Wildman–Crippen MR) is 313 cm³/mol. The van der Waals surface area contributed by atoms with Gasteiger partial charge >= 0.3 is 0 Å². The Morgan fingerprint density at radius 2 is 0.662 bits per heavy atom. The molecule has 0 aliphatic carbocycles. The quantitative estimate of drug-likeness (QED) is 0.129. The molecule has 0 saturated carbocycles. The van der Waals surface area contributed by atoms with Crippen LogP contribution < -0.4 is 4.90 Å². The molecule has 0 N–H and O–H groups in total. The SMILES string of the molecule is c1ccc(-c2ccc(-c3ccccc3)c(N(c3cc(-c4ccccc4)ccc3-c3ccccc3)c3c(-c4ccccc4)cc(-c4nc(-c5ccccc5)nc5c4sc4ccccc45)cc3-c3ccccc3)c2)cc1. The van der Waals surface area contributed by atoms with Crippen LogP contribution in [0.15, 0.2) is 285 Å². The van der Waals surface area contributed by atoms with Crippen molar-refractivity contribution in [3.05, 3.63) is 285 Å². The summed E-state index contributed by atoms with van der Waals surface area (Å²) in [6, 6.07) is 103. The van der Waals surface area contributed by atoms with Gasteiger partial charge in [0.2, 0.25) is 0 Å². The fourth-order valence-corrected chi connectivity index (χ4v) is 11.5. The molecule has 2 heterocycles. The molecule has 74 heavy (non-hydrogen) atoms. The van der Waals surface area contributed by atoms with Crippen molar-refractivity contribution in [1.29, 1.82) is 0 Å². The number of hydrogen-bond acceptors (Lipinski definition) is 4. The van der Waals surface area contributed by atoms with Crippen LogP contribution >= 0.6 is 11.3 Å². The Morgan fingerprint density at radius 1 is 0.284 bits per heavy atom. The summed E-state index contributed by atoms with van der Waals surface area (Å²) in [4.78, 5) is 13.5. The van der Waals surface area contributed by atoms with Crippen LogP contribution in [0.1, 0.15) is 0 Å². The number of hydrogen-bond donors (Lipinski definition) is 0. The van der Waals surface area contributed by atoms with Gasteiger partial charge in [0.25, 0.3) is 0 Å². The van der Waals surface area contributed by atoms with E-state index in [0.29, 0.717) is 5.82 Å². The molecule has 4 heteroatoms. The largest absolute Gasteiger partial charge is 0.308 e. The maximum absolute atomic E-state index is 5.58. The lowest BCUT2D eigenvalue weighted by molar-refractivity contribution is 1.24.